The Morgan fingerprint density at radius 2 is 0.569 bits per heavy atom. The summed E-state index contributed by atoms with van der Waals surface area (Å²) in [7, 11) is 0. The van der Waals surface area contributed by atoms with Crippen molar-refractivity contribution in [2.45, 2.75) is 64.0 Å². The highest BCUT2D eigenvalue weighted by molar-refractivity contribution is 6.45. The standard InChI is InChI=1S/C112H85N5O13/c1-67(2)114(80-43-55-82(56-44-80)124-64-79-63-113-79)111(122)105(77-31-19-9-20-32-77)116-107(118)89-59-93(127-84-47-35-73(36-48-84)69-23-11-5-12-24-69)99-101-95(129-86-51-39-75(40-52-86)71-27-15-7-16-28-71)61-91-98-92(110(121)117(109(91)120)106(78-33-21-10-22-34-78)112(123)115(68(3)4)81-45-57-83(58-46-81)125-65-88-66-126-88)62-96(130-87-53-41-76(42-54-87)72-29-17-8-18-30-72)102(104(98)101)100-94(60-90(108(116)119)97(89)103(99)100)128-85-49-37-74(38-50-85)70-25-13-6-14-26-70/h5-62,67-68,79,88,105-106,113H,63-66H2,1-4H3. The number of amides is 6. The van der Waals surface area contributed by atoms with Crippen LogP contribution in [-0.2, 0) is 14.3 Å². The molecule has 0 spiro atoms. The number of epoxide rings is 1. The van der Waals surface area contributed by atoms with Crippen LogP contribution in [0.2, 0.25) is 0 Å². The van der Waals surface area contributed by atoms with Crippen LogP contribution in [0.4, 0.5) is 11.4 Å². The maximum atomic E-state index is 17.3. The molecule has 0 saturated carbocycles. The van der Waals surface area contributed by atoms with Crippen LogP contribution in [0.3, 0.4) is 0 Å². The normalized spacial score (nSPS) is 14.9. The molecule has 2 saturated heterocycles. The minimum absolute atomic E-state index is 0.00787. The summed E-state index contributed by atoms with van der Waals surface area (Å²) >= 11 is 0. The van der Waals surface area contributed by atoms with E-state index in [-0.39, 0.29) is 100 Å². The van der Waals surface area contributed by atoms with E-state index in [4.69, 9.17) is 33.2 Å². The number of benzene rings is 17. The Kier molecular flexibility index (Phi) is 21.2. The number of nitrogens with one attached hydrogen (secondary N) is 1. The zero-order valence-corrected chi connectivity index (χ0v) is 71.4. The molecule has 130 heavy (non-hydrogen) atoms. The van der Waals surface area contributed by atoms with E-state index in [1.807, 2.05) is 264 Å². The molecule has 0 aliphatic carbocycles. The first-order valence-electron chi connectivity index (χ1n) is 43.6. The zero-order chi connectivity index (χ0) is 88.4. The van der Waals surface area contributed by atoms with E-state index in [9.17, 15) is 0 Å². The number of carbonyl (C=O) groups excluding carboxylic acids is 6. The number of fused-ring (bicyclic) bond motifs is 2. The first-order valence-corrected chi connectivity index (χ1v) is 43.6. The molecule has 4 atom stereocenters. The molecule has 636 valence electrons. The van der Waals surface area contributed by atoms with E-state index >= 15 is 28.8 Å². The Bertz CT molecular complexity index is 6480. The van der Waals surface area contributed by atoms with E-state index in [0.29, 0.717) is 76.8 Å². The van der Waals surface area contributed by atoms with Crippen LogP contribution < -0.4 is 43.5 Å². The van der Waals surface area contributed by atoms with Gasteiger partial charge in [-0.05, 0) is 205 Å². The second-order valence-corrected chi connectivity index (χ2v) is 33.5. The minimum atomic E-state index is -1.62. The van der Waals surface area contributed by atoms with E-state index in [0.717, 1.165) is 60.9 Å². The Labute approximate surface area is 749 Å². The number of hydrogen-bond donors (Lipinski definition) is 1. The average molecular weight is 1710 g/mol. The number of ether oxygens (including phenoxy) is 7. The first-order chi connectivity index (χ1) is 63.6. The fourth-order valence-corrected chi connectivity index (χ4v) is 18.1. The summed E-state index contributed by atoms with van der Waals surface area (Å²) in [6.07, 6.45) is -0.00787. The van der Waals surface area contributed by atoms with Crippen LogP contribution in [0, 0.1) is 0 Å². The van der Waals surface area contributed by atoms with Gasteiger partial charge in [-0.1, -0.05) is 231 Å². The Morgan fingerprint density at radius 3 is 0.823 bits per heavy atom. The molecule has 4 heterocycles. The Hall–Kier alpha value is -16.0. The predicted octanol–water partition coefficient (Wildman–Crippen LogP) is 24.3. The van der Waals surface area contributed by atoms with E-state index in [1.165, 1.54) is 0 Å². The van der Waals surface area contributed by atoms with Crippen molar-refractivity contribution in [1.82, 2.24) is 15.1 Å². The van der Waals surface area contributed by atoms with Gasteiger partial charge in [-0.3, -0.25) is 38.6 Å². The van der Waals surface area contributed by atoms with Crippen molar-refractivity contribution in [3.8, 4) is 102 Å². The molecule has 1 N–H and O–H groups in total. The van der Waals surface area contributed by atoms with Gasteiger partial charge in [0.15, 0.2) is 0 Å². The van der Waals surface area contributed by atoms with Gasteiger partial charge in [-0.2, -0.15) is 0 Å². The van der Waals surface area contributed by atoms with Crippen molar-refractivity contribution in [3.05, 3.63) is 385 Å². The van der Waals surface area contributed by atoms with Crippen molar-refractivity contribution < 1.29 is 61.9 Å². The third kappa shape index (κ3) is 15.3. The Morgan fingerprint density at radius 1 is 0.323 bits per heavy atom. The van der Waals surface area contributed by atoms with Crippen molar-refractivity contribution in [3.63, 3.8) is 0 Å². The van der Waals surface area contributed by atoms with Crippen molar-refractivity contribution in [2.24, 2.45) is 0 Å². The minimum Gasteiger partial charge on any atom is -0.492 e. The number of carbonyl (C=O) groups is 6. The van der Waals surface area contributed by atoms with Crippen LogP contribution in [0.15, 0.2) is 352 Å². The number of anilines is 2. The molecule has 6 amide bonds. The van der Waals surface area contributed by atoms with Crippen LogP contribution >= 0.6 is 0 Å². The van der Waals surface area contributed by atoms with Gasteiger partial charge >= 0.3 is 0 Å². The maximum Gasteiger partial charge on any atom is 0.262 e. The van der Waals surface area contributed by atoms with Gasteiger partial charge in [0.2, 0.25) is 0 Å². The summed E-state index contributed by atoms with van der Waals surface area (Å²) in [5.41, 5.74) is 8.78. The van der Waals surface area contributed by atoms with Crippen molar-refractivity contribution in [2.75, 3.05) is 36.2 Å². The fraction of sp³-hybridized carbons (Fsp3) is 0.125. The van der Waals surface area contributed by atoms with Gasteiger partial charge in [0.1, 0.15) is 88.9 Å². The third-order valence-electron chi connectivity index (χ3n) is 24.5. The van der Waals surface area contributed by atoms with Gasteiger partial charge in [0.05, 0.1) is 34.9 Å². The zero-order valence-electron chi connectivity index (χ0n) is 71.4. The lowest BCUT2D eigenvalue weighted by Gasteiger charge is -2.38. The van der Waals surface area contributed by atoms with Gasteiger partial charge < -0.3 is 48.3 Å². The molecule has 0 aromatic heterocycles. The number of nitrogens with zero attached hydrogens (tertiary/aromatic N) is 4. The summed E-state index contributed by atoms with van der Waals surface area (Å²) in [4.78, 5) is 108. The highest BCUT2D eigenvalue weighted by atomic mass is 16.6. The lowest BCUT2D eigenvalue weighted by Crippen LogP contribution is -2.51. The summed E-state index contributed by atoms with van der Waals surface area (Å²) < 4.78 is 48.0. The summed E-state index contributed by atoms with van der Waals surface area (Å²) in [5.74, 6) is -1.94. The summed E-state index contributed by atoms with van der Waals surface area (Å²) in [6, 6.07) is 104. The van der Waals surface area contributed by atoms with Crippen LogP contribution in [0.5, 0.6) is 57.5 Å². The SMILES string of the molecule is CC(C)N(C(=O)C(c1ccccc1)N1C(=O)c2cc(Oc3ccc(-c4ccccc4)cc3)c3c4c(Oc5ccc(-c6ccccc6)cc5)cc5c6c(cc(Oc7ccc(-c8ccccc8)cc7)c(c7c(Oc8ccc(-c9ccccc9)cc8)cc(c2c37)C1=O)c64)C(=O)N(C(C(=O)N(c1ccc(OCC2CO2)cc1)C(C)C)c1ccccc1)C5=O)c1ccc(OCC2CN2)cc1. The molecular weight excluding hydrogens is 1620 g/mol. The molecule has 0 radical (unpaired) electrons. The van der Waals surface area contributed by atoms with Crippen molar-refractivity contribution in [1.29, 1.82) is 0 Å². The maximum absolute atomic E-state index is 17.3. The lowest BCUT2D eigenvalue weighted by molar-refractivity contribution is -0.123. The van der Waals surface area contributed by atoms with Crippen LogP contribution in [-0.4, -0.2) is 95.8 Å². The van der Waals surface area contributed by atoms with Gasteiger partial charge in [0, 0.05) is 73.1 Å². The highest BCUT2D eigenvalue weighted by Crippen LogP contribution is 2.59. The number of imide groups is 2. The lowest BCUT2D eigenvalue weighted by atomic mass is 9.80. The number of rotatable bonds is 28. The molecule has 21 rings (SSSR count). The first kappa shape index (κ1) is 81.0. The molecule has 4 aliphatic heterocycles. The smallest absolute Gasteiger partial charge is 0.262 e. The molecular formula is C112H85N5O13. The number of hydrogen-bond acceptors (Lipinski definition) is 14. The highest BCUT2D eigenvalue weighted by Gasteiger charge is 2.49. The van der Waals surface area contributed by atoms with E-state index in [2.05, 4.69) is 5.32 Å². The van der Waals surface area contributed by atoms with Crippen LogP contribution in [0.1, 0.15) is 92.3 Å². The molecule has 17 aromatic carbocycles. The van der Waals surface area contributed by atoms with Gasteiger partial charge in [0.25, 0.3) is 35.4 Å². The molecule has 4 unspecified atom stereocenters. The topological polar surface area (TPSA) is 205 Å². The Balaban J connectivity index is 0.860. The predicted molar refractivity (Wildman–Crippen MR) is 505 cm³/mol. The molecule has 18 nitrogen and oxygen atoms in total. The second kappa shape index (κ2) is 34.0. The summed E-state index contributed by atoms with van der Waals surface area (Å²) in [5, 5.41) is 5.05. The fourth-order valence-electron chi connectivity index (χ4n) is 18.1. The van der Waals surface area contributed by atoms with Gasteiger partial charge in [-0.15, -0.1) is 0 Å². The summed E-state index contributed by atoms with van der Waals surface area (Å²) in [6.45, 7) is 9.78. The average Bonchev–Trinajstić information content (AvgIpc) is 0.910. The van der Waals surface area contributed by atoms with E-state index in [1.54, 1.807) is 125 Å². The molecule has 17 aromatic rings. The molecule has 2 fully saturated rings. The molecule has 18 heteroatoms. The monoisotopic (exact) mass is 1710 g/mol. The van der Waals surface area contributed by atoms with Crippen molar-refractivity contribution >= 4 is 89.9 Å². The van der Waals surface area contributed by atoms with E-state index < -0.39 is 59.6 Å². The second-order valence-electron chi connectivity index (χ2n) is 33.5. The molecule has 0 bridgehead atoms. The largest absolute Gasteiger partial charge is 0.492 e. The third-order valence-corrected chi connectivity index (χ3v) is 24.5. The quantitative estimate of drug-likeness (QED) is 0.0210. The van der Waals surface area contributed by atoms with Crippen LogP contribution in [0.25, 0.3) is 87.6 Å². The van der Waals surface area contributed by atoms with Gasteiger partial charge in [-0.25, -0.2) is 0 Å². The molecule has 4 aliphatic rings.